The van der Waals surface area contributed by atoms with E-state index in [2.05, 4.69) is 0 Å². The quantitative estimate of drug-likeness (QED) is 0.627. The highest BCUT2D eigenvalue weighted by Crippen LogP contribution is 2.22. The zero-order valence-corrected chi connectivity index (χ0v) is 13.6. The molecule has 0 aromatic rings. The van der Waals surface area contributed by atoms with Gasteiger partial charge in [-0.15, -0.1) is 11.6 Å². The predicted molar refractivity (Wildman–Crippen MR) is 77.8 cm³/mol. The van der Waals surface area contributed by atoms with Gasteiger partial charge in [-0.05, 0) is 19.3 Å². The molecule has 0 aliphatic carbocycles. The van der Waals surface area contributed by atoms with Gasteiger partial charge in [-0.1, -0.05) is 13.3 Å². The molecule has 1 heterocycles. The third-order valence-electron chi connectivity index (χ3n) is 3.24. The Balaban J connectivity index is 2.83. The van der Waals surface area contributed by atoms with E-state index in [-0.39, 0.29) is 17.3 Å². The summed E-state index contributed by atoms with van der Waals surface area (Å²) >= 11 is 5.54. The largest absolute Gasteiger partial charge is 0.229 e. The van der Waals surface area contributed by atoms with Gasteiger partial charge in [-0.2, -0.15) is 4.31 Å². The lowest BCUT2D eigenvalue weighted by Crippen LogP contribution is -2.43. The van der Waals surface area contributed by atoms with Gasteiger partial charge in [0.2, 0.25) is 10.0 Å². The Morgan fingerprint density at radius 1 is 1.32 bits per heavy atom. The summed E-state index contributed by atoms with van der Waals surface area (Å²) in [4.78, 5) is 0. The summed E-state index contributed by atoms with van der Waals surface area (Å²) in [6, 6.07) is -0.392. The number of alkyl halides is 1. The van der Waals surface area contributed by atoms with Crippen molar-refractivity contribution >= 4 is 31.5 Å². The molecule has 1 fully saturated rings. The highest BCUT2D eigenvalue weighted by molar-refractivity contribution is 7.92. The fourth-order valence-electron chi connectivity index (χ4n) is 2.22. The normalized spacial score (nSPS) is 23.0. The molecule has 0 aromatic carbocycles. The Hall–Kier alpha value is 0.150. The molecule has 0 saturated carbocycles. The summed E-state index contributed by atoms with van der Waals surface area (Å²) in [5.74, 6) is 0.336. The average molecular weight is 332 g/mol. The van der Waals surface area contributed by atoms with Crippen molar-refractivity contribution in [2.45, 2.75) is 38.6 Å². The van der Waals surface area contributed by atoms with Gasteiger partial charge in [0.1, 0.15) is 0 Å². The summed E-state index contributed by atoms with van der Waals surface area (Å²) < 4.78 is 49.0. The lowest BCUT2D eigenvalue weighted by molar-refractivity contribution is 0.335. The van der Waals surface area contributed by atoms with Crippen molar-refractivity contribution in [3.63, 3.8) is 0 Å². The van der Waals surface area contributed by atoms with Crippen LogP contribution < -0.4 is 0 Å². The van der Waals surface area contributed by atoms with E-state index in [4.69, 9.17) is 11.6 Å². The Morgan fingerprint density at radius 3 is 2.47 bits per heavy atom. The molecule has 1 rings (SSSR count). The molecule has 0 N–H and O–H groups in total. The Bertz CT molecular complexity index is 475. The van der Waals surface area contributed by atoms with Crippen molar-refractivity contribution in [3.05, 3.63) is 0 Å². The first-order valence-corrected chi connectivity index (χ1v) is 10.5. The van der Waals surface area contributed by atoms with Crippen LogP contribution >= 0.6 is 11.6 Å². The Kier molecular flexibility index (Phi) is 6.56. The summed E-state index contributed by atoms with van der Waals surface area (Å²) in [5.41, 5.74) is 0. The van der Waals surface area contributed by atoms with Crippen molar-refractivity contribution in [1.29, 1.82) is 0 Å². The van der Waals surface area contributed by atoms with Gasteiger partial charge in [0.15, 0.2) is 9.84 Å². The smallest absolute Gasteiger partial charge is 0.214 e. The third kappa shape index (κ3) is 5.21. The van der Waals surface area contributed by atoms with Crippen LogP contribution in [0.25, 0.3) is 0 Å². The molecule has 1 unspecified atom stereocenters. The van der Waals surface area contributed by atoms with E-state index in [1.807, 2.05) is 6.92 Å². The first-order chi connectivity index (χ1) is 8.82. The minimum absolute atomic E-state index is 0.00321. The second kappa shape index (κ2) is 7.24. The summed E-state index contributed by atoms with van der Waals surface area (Å²) in [6.07, 6.45) is 2.43. The van der Waals surface area contributed by atoms with Gasteiger partial charge >= 0.3 is 0 Å². The van der Waals surface area contributed by atoms with Crippen molar-refractivity contribution < 1.29 is 16.8 Å². The Morgan fingerprint density at radius 2 is 2.00 bits per heavy atom. The van der Waals surface area contributed by atoms with Gasteiger partial charge < -0.3 is 0 Å². The van der Waals surface area contributed by atoms with Gasteiger partial charge in [0, 0.05) is 18.5 Å². The molecule has 1 atom stereocenters. The van der Waals surface area contributed by atoms with Crippen LogP contribution in [0.3, 0.4) is 0 Å². The number of hydrogen-bond donors (Lipinski definition) is 0. The van der Waals surface area contributed by atoms with E-state index in [1.165, 1.54) is 4.31 Å². The lowest BCUT2D eigenvalue weighted by Gasteiger charge is -2.27. The van der Waals surface area contributed by atoms with Crippen LogP contribution in [-0.4, -0.2) is 56.9 Å². The van der Waals surface area contributed by atoms with Gasteiger partial charge in [0.05, 0.1) is 17.3 Å². The number of rotatable bonds is 8. The molecule has 114 valence electrons. The van der Waals surface area contributed by atoms with Crippen molar-refractivity contribution in [2.24, 2.45) is 0 Å². The summed E-state index contributed by atoms with van der Waals surface area (Å²) in [6.45, 7) is 2.39. The second-order valence-corrected chi connectivity index (χ2v) is 9.53. The number of nitrogens with zero attached hydrogens (tertiary/aromatic N) is 1. The average Bonchev–Trinajstić information content (AvgIpc) is 2.67. The summed E-state index contributed by atoms with van der Waals surface area (Å²) in [7, 11) is -6.48. The molecule has 0 spiro atoms. The maximum Gasteiger partial charge on any atom is 0.214 e. The SMILES string of the molecule is CCCCN(C1CCS(=O)(=O)C1)S(=O)(=O)CCCCl. The van der Waals surface area contributed by atoms with E-state index in [0.29, 0.717) is 25.3 Å². The molecule has 1 aliphatic heterocycles. The maximum absolute atomic E-state index is 12.3. The molecule has 0 aromatic heterocycles. The van der Waals surface area contributed by atoms with Crippen LogP contribution in [0.2, 0.25) is 0 Å². The van der Waals surface area contributed by atoms with Crippen molar-refractivity contribution in [1.82, 2.24) is 4.31 Å². The lowest BCUT2D eigenvalue weighted by atomic mass is 10.2. The molecule has 1 aliphatic rings. The highest BCUT2D eigenvalue weighted by atomic mass is 35.5. The summed E-state index contributed by atoms with van der Waals surface area (Å²) in [5, 5.41) is 0. The number of halogens is 1. The fourth-order valence-corrected chi connectivity index (χ4v) is 6.12. The van der Waals surface area contributed by atoms with E-state index < -0.39 is 25.9 Å². The Labute approximate surface area is 121 Å². The van der Waals surface area contributed by atoms with Crippen molar-refractivity contribution in [3.8, 4) is 0 Å². The topological polar surface area (TPSA) is 71.5 Å². The molecule has 0 radical (unpaired) electrons. The molecule has 0 amide bonds. The number of unbranched alkanes of at least 4 members (excludes halogenated alkanes) is 1. The van der Waals surface area contributed by atoms with Gasteiger partial charge in [-0.3, -0.25) is 0 Å². The van der Waals surface area contributed by atoms with E-state index in [0.717, 1.165) is 12.8 Å². The predicted octanol–water partition coefficient (Wildman–Crippen LogP) is 1.23. The monoisotopic (exact) mass is 331 g/mol. The second-order valence-electron chi connectivity index (χ2n) is 4.88. The maximum atomic E-state index is 12.3. The van der Waals surface area contributed by atoms with Crippen LogP contribution in [0, 0.1) is 0 Å². The van der Waals surface area contributed by atoms with Crippen LogP contribution in [0.1, 0.15) is 32.6 Å². The number of sulfonamides is 1. The number of hydrogen-bond acceptors (Lipinski definition) is 4. The first-order valence-electron chi connectivity index (χ1n) is 6.58. The molecule has 0 bridgehead atoms. The minimum Gasteiger partial charge on any atom is -0.229 e. The molecule has 19 heavy (non-hydrogen) atoms. The zero-order chi connectivity index (χ0) is 14.5. The zero-order valence-electron chi connectivity index (χ0n) is 11.2. The van der Waals surface area contributed by atoms with Crippen molar-refractivity contribution in [2.75, 3.05) is 29.7 Å². The standard InChI is InChI=1S/C11H22ClNO4S2/c1-2-3-7-13(19(16,17)8-4-6-12)11-5-9-18(14,15)10-11/h11H,2-10H2,1H3. The van der Waals surface area contributed by atoms with Crippen LogP contribution in [0.15, 0.2) is 0 Å². The fraction of sp³-hybridized carbons (Fsp3) is 1.00. The van der Waals surface area contributed by atoms with Crippen LogP contribution in [0.4, 0.5) is 0 Å². The molecular weight excluding hydrogens is 310 g/mol. The molecule has 1 saturated heterocycles. The molecule has 5 nitrogen and oxygen atoms in total. The third-order valence-corrected chi connectivity index (χ3v) is 7.26. The number of sulfone groups is 1. The van der Waals surface area contributed by atoms with Crippen LogP contribution in [0.5, 0.6) is 0 Å². The van der Waals surface area contributed by atoms with Gasteiger partial charge in [0.25, 0.3) is 0 Å². The van der Waals surface area contributed by atoms with E-state index in [1.54, 1.807) is 0 Å². The minimum atomic E-state index is -3.41. The van der Waals surface area contributed by atoms with E-state index in [9.17, 15) is 16.8 Å². The molecular formula is C11H22ClNO4S2. The van der Waals surface area contributed by atoms with Gasteiger partial charge in [-0.25, -0.2) is 16.8 Å². The highest BCUT2D eigenvalue weighted by Gasteiger charge is 2.37. The molecule has 8 heteroatoms. The first kappa shape index (κ1) is 17.2. The van der Waals surface area contributed by atoms with E-state index >= 15 is 0 Å². The van der Waals surface area contributed by atoms with Crippen LogP contribution in [-0.2, 0) is 19.9 Å².